The van der Waals surface area contributed by atoms with Crippen LogP contribution in [0.15, 0.2) is 0 Å². The molecule has 0 aliphatic rings. The first kappa shape index (κ1) is 15.9. The highest BCUT2D eigenvalue weighted by Gasteiger charge is 2.23. The average molecular weight is 246 g/mol. The predicted molar refractivity (Wildman–Crippen MR) is 63.8 cm³/mol. The summed E-state index contributed by atoms with van der Waals surface area (Å²) >= 11 is 0. The van der Waals surface area contributed by atoms with Gasteiger partial charge in [-0.3, -0.25) is 14.5 Å². The van der Waals surface area contributed by atoms with Gasteiger partial charge in [0.15, 0.2) is 0 Å². The number of carbonyl (C=O) groups is 2. The molecule has 6 nitrogen and oxygen atoms in total. The summed E-state index contributed by atoms with van der Waals surface area (Å²) in [6.07, 6.45) is 0. The molecule has 0 bridgehead atoms. The monoisotopic (exact) mass is 246 g/mol. The zero-order valence-electron chi connectivity index (χ0n) is 10.9. The first-order valence-electron chi connectivity index (χ1n) is 5.57. The van der Waals surface area contributed by atoms with Gasteiger partial charge in [-0.1, -0.05) is 13.8 Å². The number of aliphatic carboxylic acids is 1. The van der Waals surface area contributed by atoms with Gasteiger partial charge in [0.05, 0.1) is 13.2 Å². The quantitative estimate of drug-likeness (QED) is 0.619. The standard InChI is InChI=1S/C11H22N2O4/c1-8(2)5-12-10(14)6-13(3)9(7-17-4)11(15)16/h8-9H,5-7H2,1-4H3,(H,12,14)(H,15,16). The third kappa shape index (κ3) is 6.91. The maximum atomic E-state index is 11.5. The van der Waals surface area contributed by atoms with E-state index < -0.39 is 12.0 Å². The Bertz CT molecular complexity index is 256. The van der Waals surface area contributed by atoms with E-state index in [9.17, 15) is 9.59 Å². The van der Waals surface area contributed by atoms with Crippen LogP contribution < -0.4 is 5.32 Å². The smallest absolute Gasteiger partial charge is 0.323 e. The van der Waals surface area contributed by atoms with Crippen LogP contribution in [0.3, 0.4) is 0 Å². The van der Waals surface area contributed by atoms with Crippen molar-refractivity contribution in [2.24, 2.45) is 5.92 Å². The van der Waals surface area contributed by atoms with Crippen molar-refractivity contribution < 1.29 is 19.4 Å². The summed E-state index contributed by atoms with van der Waals surface area (Å²) in [5.41, 5.74) is 0. The van der Waals surface area contributed by atoms with E-state index in [-0.39, 0.29) is 19.1 Å². The minimum atomic E-state index is -0.994. The molecule has 0 saturated heterocycles. The largest absolute Gasteiger partial charge is 0.480 e. The Morgan fingerprint density at radius 2 is 2.00 bits per heavy atom. The van der Waals surface area contributed by atoms with Crippen molar-refractivity contribution in [3.05, 3.63) is 0 Å². The van der Waals surface area contributed by atoms with Crippen LogP contribution in [0.5, 0.6) is 0 Å². The van der Waals surface area contributed by atoms with Gasteiger partial charge in [-0.25, -0.2) is 0 Å². The van der Waals surface area contributed by atoms with Gasteiger partial charge in [-0.05, 0) is 13.0 Å². The molecule has 0 spiro atoms. The first-order valence-corrected chi connectivity index (χ1v) is 5.57. The molecule has 17 heavy (non-hydrogen) atoms. The number of hydrogen-bond donors (Lipinski definition) is 2. The maximum absolute atomic E-state index is 11.5. The lowest BCUT2D eigenvalue weighted by Gasteiger charge is -2.23. The SMILES string of the molecule is COCC(C(=O)O)N(C)CC(=O)NCC(C)C. The molecule has 2 N–H and O–H groups in total. The molecule has 0 radical (unpaired) electrons. The second-order valence-corrected chi connectivity index (χ2v) is 4.42. The lowest BCUT2D eigenvalue weighted by molar-refractivity contribution is -0.145. The number of methoxy groups -OCH3 is 1. The van der Waals surface area contributed by atoms with Gasteiger partial charge in [0.2, 0.25) is 5.91 Å². The molecular weight excluding hydrogens is 224 g/mol. The highest BCUT2D eigenvalue weighted by Crippen LogP contribution is 1.97. The molecule has 0 aromatic heterocycles. The number of rotatable bonds is 8. The molecular formula is C11H22N2O4. The topological polar surface area (TPSA) is 78.9 Å². The molecule has 100 valence electrons. The van der Waals surface area contributed by atoms with E-state index in [4.69, 9.17) is 9.84 Å². The summed E-state index contributed by atoms with van der Waals surface area (Å²) < 4.78 is 4.81. The summed E-state index contributed by atoms with van der Waals surface area (Å²) in [5, 5.41) is 11.7. The fourth-order valence-corrected chi connectivity index (χ4v) is 1.26. The van der Waals surface area contributed by atoms with Crippen LogP contribution in [-0.2, 0) is 14.3 Å². The molecule has 0 aliphatic heterocycles. The summed E-state index contributed by atoms with van der Waals surface area (Å²) in [4.78, 5) is 23.9. The lowest BCUT2D eigenvalue weighted by atomic mass is 10.2. The van der Waals surface area contributed by atoms with Crippen molar-refractivity contribution in [1.29, 1.82) is 0 Å². The van der Waals surface area contributed by atoms with E-state index in [1.807, 2.05) is 13.8 Å². The van der Waals surface area contributed by atoms with Gasteiger partial charge in [-0.15, -0.1) is 0 Å². The number of carbonyl (C=O) groups excluding carboxylic acids is 1. The second-order valence-electron chi connectivity index (χ2n) is 4.42. The Morgan fingerprint density at radius 1 is 1.41 bits per heavy atom. The second kappa shape index (κ2) is 8.03. The zero-order chi connectivity index (χ0) is 13.4. The summed E-state index contributed by atoms with van der Waals surface area (Å²) in [6, 6.07) is -0.801. The van der Waals surface area contributed by atoms with Crippen LogP contribution in [0.1, 0.15) is 13.8 Å². The molecule has 0 aromatic carbocycles. The molecule has 0 aromatic rings. The molecule has 0 aliphatic carbocycles. The minimum Gasteiger partial charge on any atom is -0.480 e. The number of nitrogens with one attached hydrogen (secondary N) is 1. The molecule has 1 unspecified atom stereocenters. The Labute approximate surface area is 102 Å². The van der Waals surface area contributed by atoms with Crippen LogP contribution in [0.4, 0.5) is 0 Å². The molecule has 0 rings (SSSR count). The highest BCUT2D eigenvalue weighted by molar-refractivity contribution is 5.79. The molecule has 0 heterocycles. The Balaban J connectivity index is 4.15. The van der Waals surface area contributed by atoms with Crippen LogP contribution in [0.2, 0.25) is 0 Å². The number of carboxylic acid groups (broad SMARTS) is 1. The Hall–Kier alpha value is -1.14. The molecule has 1 atom stereocenters. The number of nitrogens with zero attached hydrogens (tertiary/aromatic N) is 1. The lowest BCUT2D eigenvalue weighted by Crippen LogP contribution is -2.47. The van der Waals surface area contributed by atoms with Crippen molar-refractivity contribution >= 4 is 11.9 Å². The van der Waals surface area contributed by atoms with Crippen LogP contribution in [-0.4, -0.2) is 61.8 Å². The van der Waals surface area contributed by atoms with Gasteiger partial charge in [-0.2, -0.15) is 0 Å². The molecule has 0 saturated carbocycles. The maximum Gasteiger partial charge on any atom is 0.323 e. The van der Waals surface area contributed by atoms with Gasteiger partial charge in [0.25, 0.3) is 0 Å². The van der Waals surface area contributed by atoms with Crippen molar-refractivity contribution in [2.45, 2.75) is 19.9 Å². The third-order valence-corrected chi connectivity index (χ3v) is 2.24. The summed E-state index contributed by atoms with van der Waals surface area (Å²) in [5.74, 6) is -0.798. The number of carboxylic acids is 1. The van der Waals surface area contributed by atoms with Gasteiger partial charge in [0.1, 0.15) is 6.04 Å². The van der Waals surface area contributed by atoms with Crippen molar-refractivity contribution in [2.75, 3.05) is 33.9 Å². The Kier molecular flexibility index (Phi) is 7.49. The normalized spacial score (nSPS) is 12.8. The fourth-order valence-electron chi connectivity index (χ4n) is 1.26. The average Bonchev–Trinajstić information content (AvgIpc) is 2.22. The van der Waals surface area contributed by atoms with Gasteiger partial charge < -0.3 is 15.2 Å². The van der Waals surface area contributed by atoms with Gasteiger partial charge in [0, 0.05) is 13.7 Å². The number of amides is 1. The number of ether oxygens (including phenoxy) is 1. The van der Waals surface area contributed by atoms with E-state index >= 15 is 0 Å². The van der Waals surface area contributed by atoms with Crippen molar-refractivity contribution in [3.8, 4) is 0 Å². The molecule has 0 fully saturated rings. The number of hydrogen-bond acceptors (Lipinski definition) is 4. The van der Waals surface area contributed by atoms with Crippen LogP contribution in [0.25, 0.3) is 0 Å². The van der Waals surface area contributed by atoms with Crippen molar-refractivity contribution in [3.63, 3.8) is 0 Å². The zero-order valence-corrected chi connectivity index (χ0v) is 10.9. The van der Waals surface area contributed by atoms with Gasteiger partial charge >= 0.3 is 5.97 Å². The molecule has 1 amide bonds. The fraction of sp³-hybridized carbons (Fsp3) is 0.818. The summed E-state index contributed by atoms with van der Waals surface area (Å²) in [6.45, 7) is 4.69. The van der Waals surface area contributed by atoms with E-state index in [1.165, 1.54) is 12.0 Å². The van der Waals surface area contributed by atoms with Crippen LogP contribution >= 0.6 is 0 Å². The predicted octanol–water partition coefficient (Wildman–Crippen LogP) is -0.210. The third-order valence-electron chi connectivity index (χ3n) is 2.24. The van der Waals surface area contributed by atoms with E-state index in [1.54, 1.807) is 7.05 Å². The van der Waals surface area contributed by atoms with Crippen LogP contribution in [0, 0.1) is 5.92 Å². The first-order chi connectivity index (χ1) is 7.88. The Morgan fingerprint density at radius 3 is 2.41 bits per heavy atom. The van der Waals surface area contributed by atoms with E-state index in [0.717, 1.165) is 0 Å². The van der Waals surface area contributed by atoms with E-state index in [0.29, 0.717) is 12.5 Å². The minimum absolute atomic E-state index is 0.0487. The molecule has 6 heteroatoms. The van der Waals surface area contributed by atoms with E-state index in [2.05, 4.69) is 5.32 Å². The number of likely N-dealkylation sites (N-methyl/N-ethyl adjacent to an activating group) is 1. The highest BCUT2D eigenvalue weighted by atomic mass is 16.5. The van der Waals surface area contributed by atoms with Crippen molar-refractivity contribution in [1.82, 2.24) is 10.2 Å². The summed E-state index contributed by atoms with van der Waals surface area (Å²) in [7, 11) is 3.02.